The van der Waals surface area contributed by atoms with Crippen LogP contribution >= 0.6 is 0 Å². The third-order valence-corrected chi connectivity index (χ3v) is 10.0. The van der Waals surface area contributed by atoms with Gasteiger partial charge in [-0.05, 0) is 112 Å². The molecule has 1 aliphatic rings. The average molecular weight is 779 g/mol. The number of carbonyl (C=O) groups excluding carboxylic acids is 2. The monoisotopic (exact) mass is 778 g/mol. The van der Waals surface area contributed by atoms with Gasteiger partial charge in [0.05, 0.1) is 22.3 Å². The van der Waals surface area contributed by atoms with Crippen molar-refractivity contribution < 1.29 is 38.0 Å². The predicted molar refractivity (Wildman–Crippen MR) is 227 cm³/mol. The second-order valence-corrected chi connectivity index (χ2v) is 14.3. The van der Waals surface area contributed by atoms with E-state index in [2.05, 4.69) is 0 Å². The van der Waals surface area contributed by atoms with Crippen LogP contribution in [0.2, 0.25) is 0 Å². The minimum Gasteiger partial charge on any atom is -0.489 e. The van der Waals surface area contributed by atoms with Crippen LogP contribution in [0.4, 0.5) is 0 Å². The minimum atomic E-state index is -0.568. The maximum atomic E-state index is 13.9. The van der Waals surface area contributed by atoms with Crippen LogP contribution < -0.4 is 28.4 Å². The summed E-state index contributed by atoms with van der Waals surface area (Å²) in [7, 11) is 0. The van der Waals surface area contributed by atoms with Crippen molar-refractivity contribution in [3.8, 4) is 45.6 Å². The van der Waals surface area contributed by atoms with Gasteiger partial charge in [0.2, 0.25) is 0 Å². The van der Waals surface area contributed by atoms with Crippen molar-refractivity contribution in [1.82, 2.24) is 0 Å². The summed E-state index contributed by atoms with van der Waals surface area (Å²) in [6.45, 7) is 3.03. The molecular formula is C51H38O8. The maximum Gasteiger partial charge on any atom is 0.343 e. The quantitative estimate of drug-likeness (QED) is 0.100. The second-order valence-electron chi connectivity index (χ2n) is 14.3. The van der Waals surface area contributed by atoms with Crippen LogP contribution in [0.5, 0.6) is 34.5 Å². The third kappa shape index (κ3) is 8.29. The van der Waals surface area contributed by atoms with E-state index >= 15 is 0 Å². The highest BCUT2D eigenvalue weighted by molar-refractivity contribution is 6.00. The van der Waals surface area contributed by atoms with Crippen LogP contribution in [-0.2, 0) is 13.2 Å². The van der Waals surface area contributed by atoms with Crippen molar-refractivity contribution in [3.05, 3.63) is 192 Å². The Morgan fingerprint density at radius 2 is 0.966 bits per heavy atom. The zero-order valence-electron chi connectivity index (χ0n) is 32.1. The summed E-state index contributed by atoms with van der Waals surface area (Å²) >= 11 is 0. The van der Waals surface area contributed by atoms with Crippen LogP contribution in [0.15, 0.2) is 170 Å². The first kappa shape index (κ1) is 37.0. The van der Waals surface area contributed by atoms with E-state index in [1.165, 1.54) is 0 Å². The Bertz CT molecular complexity index is 2820. The van der Waals surface area contributed by atoms with Gasteiger partial charge in [0, 0.05) is 0 Å². The highest BCUT2D eigenvalue weighted by atomic mass is 16.6. The summed E-state index contributed by atoms with van der Waals surface area (Å²) in [4.78, 5) is 27.7. The number of ether oxygens (including phenoxy) is 6. The fourth-order valence-electron chi connectivity index (χ4n) is 7.04. The molecule has 8 aromatic rings. The fourth-order valence-corrected chi connectivity index (χ4v) is 7.04. The number of hydrogen-bond acceptors (Lipinski definition) is 8. The first-order valence-corrected chi connectivity index (χ1v) is 19.3. The van der Waals surface area contributed by atoms with Crippen LogP contribution in [0.3, 0.4) is 0 Å². The van der Waals surface area contributed by atoms with Crippen LogP contribution in [0.1, 0.15) is 38.8 Å². The molecule has 8 nitrogen and oxygen atoms in total. The van der Waals surface area contributed by atoms with Gasteiger partial charge in [-0.15, -0.1) is 0 Å². The Morgan fingerprint density at radius 3 is 1.49 bits per heavy atom. The molecule has 1 atom stereocenters. The van der Waals surface area contributed by atoms with Gasteiger partial charge < -0.3 is 28.4 Å². The molecule has 8 heteroatoms. The van der Waals surface area contributed by atoms with Crippen molar-refractivity contribution in [2.45, 2.75) is 26.2 Å². The summed E-state index contributed by atoms with van der Waals surface area (Å²) in [6, 6.07) is 52.7. The maximum absolute atomic E-state index is 13.9. The first-order chi connectivity index (χ1) is 28.9. The summed E-state index contributed by atoms with van der Waals surface area (Å²) < 4.78 is 36.8. The fraction of sp³-hybridized carbons (Fsp3) is 0.0980. The van der Waals surface area contributed by atoms with Crippen molar-refractivity contribution in [1.29, 1.82) is 0 Å². The molecule has 0 spiro atoms. The van der Waals surface area contributed by atoms with E-state index in [0.717, 1.165) is 44.2 Å². The van der Waals surface area contributed by atoms with Crippen LogP contribution in [-0.4, -0.2) is 24.6 Å². The van der Waals surface area contributed by atoms with Crippen molar-refractivity contribution >= 4 is 33.5 Å². The number of carbonyl (C=O) groups is 2. The highest BCUT2D eigenvalue weighted by Crippen LogP contribution is 2.49. The molecule has 0 aliphatic carbocycles. The molecule has 0 saturated carbocycles. The molecule has 0 radical (unpaired) electrons. The smallest absolute Gasteiger partial charge is 0.343 e. The second kappa shape index (κ2) is 16.5. The van der Waals surface area contributed by atoms with Gasteiger partial charge in [-0.2, -0.15) is 0 Å². The van der Waals surface area contributed by atoms with Gasteiger partial charge in [-0.1, -0.05) is 97.1 Å². The Hall–Kier alpha value is -7.58. The van der Waals surface area contributed by atoms with E-state index in [4.69, 9.17) is 28.4 Å². The SMILES string of the molecule is CC1COc2cccc(OC(=O)c3ccc4cc(OCc5ccccc5)ccc4c3)c2-c2c(OC(=O)c3ccc4cc(OCc5ccccc5)ccc4c3)cccc2O1. The van der Waals surface area contributed by atoms with E-state index in [1.807, 2.05) is 116 Å². The molecule has 0 fully saturated rings. The largest absolute Gasteiger partial charge is 0.489 e. The standard InChI is InChI=1S/C51H38O8/c1-33-30-56-44-14-8-16-46(58-50(52)40-20-18-38-28-42(24-22-36(38)26-40)54-31-34-10-4-2-5-11-34)48(44)49-45(57-33)15-9-17-47(49)59-51(53)41-21-19-39-29-43(25-23-37(39)27-41)55-32-35-12-6-3-7-13-35/h2-29,33H,30-32H2,1H3. The Labute approximate surface area is 341 Å². The van der Waals surface area contributed by atoms with E-state index in [9.17, 15) is 9.59 Å². The number of benzene rings is 8. The van der Waals surface area contributed by atoms with Crippen molar-refractivity contribution in [2.75, 3.05) is 6.61 Å². The molecule has 59 heavy (non-hydrogen) atoms. The molecule has 1 aliphatic heterocycles. The molecule has 0 saturated heterocycles. The average Bonchev–Trinajstić information content (AvgIpc) is 3.27. The van der Waals surface area contributed by atoms with Gasteiger partial charge in [0.25, 0.3) is 0 Å². The van der Waals surface area contributed by atoms with Gasteiger partial charge in [0.1, 0.15) is 60.4 Å². The lowest BCUT2D eigenvalue weighted by atomic mass is 10.00. The topological polar surface area (TPSA) is 89.5 Å². The van der Waals surface area contributed by atoms with Crippen LogP contribution in [0, 0.1) is 0 Å². The molecule has 0 amide bonds. The lowest BCUT2D eigenvalue weighted by Crippen LogP contribution is -2.23. The van der Waals surface area contributed by atoms with Gasteiger partial charge in [0.15, 0.2) is 0 Å². The van der Waals surface area contributed by atoms with E-state index in [-0.39, 0.29) is 24.2 Å². The molecule has 1 unspecified atom stereocenters. The predicted octanol–water partition coefficient (Wildman–Crippen LogP) is 11.4. The lowest BCUT2D eigenvalue weighted by molar-refractivity contribution is 0.0721. The molecule has 9 rings (SSSR count). The molecule has 0 N–H and O–H groups in total. The summed E-state index contributed by atoms with van der Waals surface area (Å²) in [5.41, 5.74) is 3.71. The Kier molecular flexibility index (Phi) is 10.3. The Morgan fingerprint density at radius 1 is 0.508 bits per heavy atom. The number of esters is 2. The summed E-state index contributed by atoms with van der Waals surface area (Å²) in [5.74, 6) is 1.66. The number of rotatable bonds is 10. The summed E-state index contributed by atoms with van der Waals surface area (Å²) in [5, 5.41) is 3.54. The molecule has 1 heterocycles. The summed E-state index contributed by atoms with van der Waals surface area (Å²) in [6.07, 6.45) is -0.331. The van der Waals surface area contributed by atoms with Crippen LogP contribution in [0.25, 0.3) is 32.7 Å². The van der Waals surface area contributed by atoms with Crippen molar-refractivity contribution in [2.24, 2.45) is 0 Å². The normalized spacial score (nSPS) is 13.1. The number of hydrogen-bond donors (Lipinski definition) is 0. The third-order valence-electron chi connectivity index (χ3n) is 10.0. The molecule has 0 aromatic heterocycles. The van der Waals surface area contributed by atoms with E-state index in [0.29, 0.717) is 47.0 Å². The van der Waals surface area contributed by atoms with Gasteiger partial charge in [-0.25, -0.2) is 9.59 Å². The lowest BCUT2D eigenvalue weighted by Gasteiger charge is -2.26. The first-order valence-electron chi connectivity index (χ1n) is 19.3. The minimum absolute atomic E-state index is 0.218. The molecule has 0 bridgehead atoms. The van der Waals surface area contributed by atoms with Gasteiger partial charge >= 0.3 is 11.9 Å². The zero-order valence-corrected chi connectivity index (χ0v) is 32.1. The Balaban J connectivity index is 0.971. The number of fused-ring (bicyclic) bond motifs is 5. The van der Waals surface area contributed by atoms with Crippen molar-refractivity contribution in [3.63, 3.8) is 0 Å². The molecular weight excluding hydrogens is 741 g/mol. The van der Waals surface area contributed by atoms with E-state index in [1.54, 1.807) is 60.7 Å². The zero-order chi connectivity index (χ0) is 40.1. The van der Waals surface area contributed by atoms with Gasteiger partial charge in [-0.3, -0.25) is 0 Å². The highest BCUT2D eigenvalue weighted by Gasteiger charge is 2.28. The van der Waals surface area contributed by atoms with E-state index < -0.39 is 11.9 Å². The molecule has 290 valence electrons. The molecule has 8 aromatic carbocycles.